The highest BCUT2D eigenvalue weighted by atomic mass is 16.5. The fourth-order valence-corrected chi connectivity index (χ4v) is 1.57. The Morgan fingerprint density at radius 3 is 2.11 bits per heavy atom. The van der Waals surface area contributed by atoms with Gasteiger partial charge in [-0.3, -0.25) is 5.32 Å². The molecular weight excluding hydrogens is 240 g/mol. The largest absolute Gasteiger partial charge is 0.447 e. The highest BCUT2D eigenvalue weighted by molar-refractivity contribution is 5.84. The van der Waals surface area contributed by atoms with Crippen LogP contribution in [0, 0.1) is 0 Å². The van der Waals surface area contributed by atoms with Crippen molar-refractivity contribution in [2.75, 3.05) is 23.8 Å². The molecule has 0 spiro atoms. The molecule has 0 aliphatic carbocycles. The standard InChI is InChI=1S/C15H16N2O2/c18-15(17-14-9-5-2-6-10-14)19-12-11-16-13-7-3-1-4-8-13/h1-10,16H,11-12H2,(H,17,18). The summed E-state index contributed by atoms with van der Waals surface area (Å²) >= 11 is 0. The topological polar surface area (TPSA) is 50.4 Å². The normalized spacial score (nSPS) is 9.68. The average Bonchev–Trinajstić information content (AvgIpc) is 2.46. The van der Waals surface area contributed by atoms with Gasteiger partial charge in [0, 0.05) is 17.9 Å². The molecule has 0 aromatic heterocycles. The number of para-hydroxylation sites is 2. The molecule has 0 heterocycles. The number of anilines is 2. The van der Waals surface area contributed by atoms with Crippen LogP contribution in [0.5, 0.6) is 0 Å². The van der Waals surface area contributed by atoms with Gasteiger partial charge in [-0.15, -0.1) is 0 Å². The SMILES string of the molecule is O=C(Nc1ccccc1)OCCNc1ccccc1. The minimum Gasteiger partial charge on any atom is -0.447 e. The lowest BCUT2D eigenvalue weighted by Gasteiger charge is -2.08. The Bertz CT molecular complexity index is 500. The van der Waals surface area contributed by atoms with Crippen molar-refractivity contribution in [2.24, 2.45) is 0 Å². The van der Waals surface area contributed by atoms with Crippen LogP contribution in [-0.2, 0) is 4.74 Å². The quantitative estimate of drug-likeness (QED) is 0.807. The highest BCUT2D eigenvalue weighted by Gasteiger charge is 2.01. The van der Waals surface area contributed by atoms with Crippen LogP contribution in [0.3, 0.4) is 0 Å². The van der Waals surface area contributed by atoms with Gasteiger partial charge in [0.05, 0.1) is 0 Å². The smallest absolute Gasteiger partial charge is 0.411 e. The number of hydrogen-bond acceptors (Lipinski definition) is 3. The number of carbonyl (C=O) groups excluding carboxylic acids is 1. The number of carbonyl (C=O) groups is 1. The summed E-state index contributed by atoms with van der Waals surface area (Å²) < 4.78 is 5.06. The molecule has 0 bridgehead atoms. The van der Waals surface area contributed by atoms with Gasteiger partial charge in [-0.25, -0.2) is 4.79 Å². The van der Waals surface area contributed by atoms with Crippen LogP contribution in [0.15, 0.2) is 60.7 Å². The fourth-order valence-electron chi connectivity index (χ4n) is 1.57. The van der Waals surface area contributed by atoms with Crippen LogP contribution < -0.4 is 10.6 Å². The zero-order valence-corrected chi connectivity index (χ0v) is 10.5. The number of amides is 1. The average molecular weight is 256 g/mol. The number of ether oxygens (including phenoxy) is 1. The lowest BCUT2D eigenvalue weighted by atomic mass is 10.3. The van der Waals surface area contributed by atoms with Gasteiger partial charge in [0.2, 0.25) is 0 Å². The van der Waals surface area contributed by atoms with Crippen LogP contribution in [0.25, 0.3) is 0 Å². The zero-order chi connectivity index (χ0) is 13.3. The predicted octanol–water partition coefficient (Wildman–Crippen LogP) is 3.35. The van der Waals surface area contributed by atoms with Crippen molar-refractivity contribution in [3.05, 3.63) is 60.7 Å². The second kappa shape index (κ2) is 7.06. The summed E-state index contributed by atoms with van der Waals surface area (Å²) in [6.45, 7) is 0.889. The van der Waals surface area contributed by atoms with Crippen LogP contribution in [0.4, 0.5) is 16.2 Å². The summed E-state index contributed by atoms with van der Waals surface area (Å²) in [6, 6.07) is 19.0. The van der Waals surface area contributed by atoms with E-state index in [2.05, 4.69) is 10.6 Å². The van der Waals surface area contributed by atoms with E-state index in [9.17, 15) is 4.79 Å². The van der Waals surface area contributed by atoms with Crippen molar-refractivity contribution < 1.29 is 9.53 Å². The first kappa shape index (κ1) is 13.0. The molecule has 0 radical (unpaired) electrons. The van der Waals surface area contributed by atoms with Crippen molar-refractivity contribution in [1.29, 1.82) is 0 Å². The van der Waals surface area contributed by atoms with E-state index in [-0.39, 0.29) is 0 Å². The van der Waals surface area contributed by atoms with Gasteiger partial charge in [-0.05, 0) is 24.3 Å². The van der Waals surface area contributed by atoms with Gasteiger partial charge >= 0.3 is 6.09 Å². The third kappa shape index (κ3) is 4.71. The number of benzene rings is 2. The molecule has 0 aliphatic rings. The first-order chi connectivity index (χ1) is 9.34. The molecule has 0 saturated heterocycles. The van der Waals surface area contributed by atoms with Crippen LogP contribution in [-0.4, -0.2) is 19.2 Å². The number of hydrogen-bond donors (Lipinski definition) is 2. The van der Waals surface area contributed by atoms with E-state index in [0.717, 1.165) is 11.4 Å². The van der Waals surface area contributed by atoms with Crippen molar-refractivity contribution >= 4 is 17.5 Å². The summed E-state index contributed by atoms with van der Waals surface area (Å²) in [7, 11) is 0. The van der Waals surface area contributed by atoms with E-state index in [0.29, 0.717) is 13.2 Å². The molecule has 4 heteroatoms. The molecule has 98 valence electrons. The van der Waals surface area contributed by atoms with Crippen molar-refractivity contribution in [1.82, 2.24) is 0 Å². The summed E-state index contributed by atoms with van der Waals surface area (Å²) in [5, 5.41) is 5.81. The molecule has 4 nitrogen and oxygen atoms in total. The Hall–Kier alpha value is -2.49. The number of rotatable bonds is 5. The zero-order valence-electron chi connectivity index (χ0n) is 10.5. The van der Waals surface area contributed by atoms with E-state index < -0.39 is 6.09 Å². The Labute approximate surface area is 112 Å². The van der Waals surface area contributed by atoms with Gasteiger partial charge in [0.15, 0.2) is 0 Å². The molecule has 0 atom stereocenters. The van der Waals surface area contributed by atoms with E-state index in [1.54, 1.807) is 0 Å². The van der Waals surface area contributed by atoms with Crippen molar-refractivity contribution in [2.45, 2.75) is 0 Å². The molecule has 0 unspecified atom stereocenters. The minimum atomic E-state index is -0.443. The minimum absolute atomic E-state index is 0.313. The van der Waals surface area contributed by atoms with Gasteiger partial charge < -0.3 is 10.1 Å². The van der Waals surface area contributed by atoms with Gasteiger partial charge in [0.1, 0.15) is 6.61 Å². The first-order valence-corrected chi connectivity index (χ1v) is 6.12. The van der Waals surface area contributed by atoms with E-state index in [1.165, 1.54) is 0 Å². The number of nitrogens with one attached hydrogen (secondary N) is 2. The lowest BCUT2D eigenvalue weighted by Crippen LogP contribution is -2.18. The summed E-state index contributed by atoms with van der Waals surface area (Å²) in [5.74, 6) is 0. The van der Waals surface area contributed by atoms with Crippen LogP contribution in [0.2, 0.25) is 0 Å². The van der Waals surface area contributed by atoms with E-state index in [4.69, 9.17) is 4.74 Å². The lowest BCUT2D eigenvalue weighted by molar-refractivity contribution is 0.166. The Morgan fingerprint density at radius 1 is 0.895 bits per heavy atom. The molecule has 2 rings (SSSR count). The van der Waals surface area contributed by atoms with Gasteiger partial charge in [-0.2, -0.15) is 0 Å². The monoisotopic (exact) mass is 256 g/mol. The summed E-state index contributed by atoms with van der Waals surface area (Å²) in [5.41, 5.74) is 1.73. The maximum absolute atomic E-state index is 11.5. The van der Waals surface area contributed by atoms with Crippen LogP contribution >= 0.6 is 0 Å². The molecule has 19 heavy (non-hydrogen) atoms. The Morgan fingerprint density at radius 2 is 1.47 bits per heavy atom. The summed E-state index contributed by atoms with van der Waals surface area (Å²) in [6.07, 6.45) is -0.443. The predicted molar refractivity (Wildman–Crippen MR) is 76.3 cm³/mol. The maximum Gasteiger partial charge on any atom is 0.411 e. The molecule has 2 aromatic carbocycles. The first-order valence-electron chi connectivity index (χ1n) is 6.12. The van der Waals surface area contributed by atoms with E-state index >= 15 is 0 Å². The summed E-state index contributed by atoms with van der Waals surface area (Å²) in [4.78, 5) is 11.5. The Kier molecular flexibility index (Phi) is 4.81. The second-order valence-electron chi connectivity index (χ2n) is 3.92. The molecule has 0 saturated carbocycles. The van der Waals surface area contributed by atoms with E-state index in [1.807, 2.05) is 60.7 Å². The van der Waals surface area contributed by atoms with Crippen molar-refractivity contribution in [3.8, 4) is 0 Å². The third-order valence-electron chi connectivity index (χ3n) is 2.46. The molecular formula is C15H16N2O2. The van der Waals surface area contributed by atoms with Gasteiger partial charge in [0.25, 0.3) is 0 Å². The molecule has 0 aliphatic heterocycles. The molecule has 2 aromatic rings. The Balaban J connectivity index is 1.65. The third-order valence-corrected chi connectivity index (χ3v) is 2.46. The van der Waals surface area contributed by atoms with Crippen LogP contribution in [0.1, 0.15) is 0 Å². The highest BCUT2D eigenvalue weighted by Crippen LogP contribution is 2.06. The molecule has 0 fully saturated rings. The van der Waals surface area contributed by atoms with Crippen molar-refractivity contribution in [3.63, 3.8) is 0 Å². The van der Waals surface area contributed by atoms with Gasteiger partial charge in [-0.1, -0.05) is 36.4 Å². The molecule has 2 N–H and O–H groups in total. The maximum atomic E-state index is 11.5. The second-order valence-corrected chi connectivity index (χ2v) is 3.92. The fraction of sp³-hybridized carbons (Fsp3) is 0.133. The molecule has 1 amide bonds.